The Bertz CT molecular complexity index is 1360. The minimum Gasteiger partial charge on any atom is -0.356 e. The highest BCUT2D eigenvalue weighted by Crippen LogP contribution is 2.13. The molecule has 0 bridgehead atoms. The number of likely N-dealkylation sites (N-methyl/N-ethyl adjacent to an activating group) is 1. The molecule has 0 aromatic heterocycles. The van der Waals surface area contributed by atoms with Gasteiger partial charge in [0, 0.05) is 63.8 Å². The molecule has 0 radical (unpaired) electrons. The summed E-state index contributed by atoms with van der Waals surface area (Å²) in [7, 11) is -0.398. The Balaban J connectivity index is 1.80. The molecule has 0 aliphatic carbocycles. The Morgan fingerprint density at radius 1 is 0.837 bits per heavy atom. The van der Waals surface area contributed by atoms with Crippen LogP contribution < -0.4 is 16.0 Å². The van der Waals surface area contributed by atoms with Crippen LogP contribution in [0.25, 0.3) is 0 Å². The van der Waals surface area contributed by atoms with E-state index in [0.29, 0.717) is 48.4 Å². The fourth-order valence-corrected chi connectivity index (χ4v) is 5.46. The van der Waals surface area contributed by atoms with Gasteiger partial charge in [-0.1, -0.05) is 0 Å². The molecule has 1 atom stereocenters. The Morgan fingerprint density at radius 2 is 1.47 bits per heavy atom. The SMILES string of the molecule is C[N+](C)(CCCS(=O)(=O)O)CCNC(=O)C(CCCCNC(=O)CCCN1C(=O)C=CC1=O)NC(=O)CCCC(=O)ON1C(=O)CCC1=O. The summed E-state index contributed by atoms with van der Waals surface area (Å²) in [5.74, 6) is -4.51. The summed E-state index contributed by atoms with van der Waals surface area (Å²) in [6.45, 7) is 1.50. The number of imide groups is 2. The van der Waals surface area contributed by atoms with Crippen molar-refractivity contribution in [1.29, 1.82) is 0 Å². The molecule has 0 spiro atoms. The van der Waals surface area contributed by atoms with Crippen molar-refractivity contribution in [1.82, 2.24) is 25.9 Å². The van der Waals surface area contributed by atoms with Gasteiger partial charge in [0.25, 0.3) is 33.7 Å². The molecule has 4 N–H and O–H groups in total. The summed E-state index contributed by atoms with van der Waals surface area (Å²) in [4.78, 5) is 102. The summed E-state index contributed by atoms with van der Waals surface area (Å²) in [5, 5.41) is 8.62. The number of amides is 7. The van der Waals surface area contributed by atoms with E-state index in [1.54, 1.807) is 0 Å². The Kier molecular flexibility index (Phi) is 16.5. The Morgan fingerprint density at radius 3 is 2.10 bits per heavy atom. The number of rotatable bonds is 23. The minimum absolute atomic E-state index is 0.0348. The number of unbranched alkanes of at least 4 members (excludes halogenated alkanes) is 1. The first-order chi connectivity index (χ1) is 23.0. The summed E-state index contributed by atoms with van der Waals surface area (Å²) in [5.41, 5.74) is 0. The van der Waals surface area contributed by atoms with Gasteiger partial charge in [-0.2, -0.15) is 8.42 Å². The molecule has 1 unspecified atom stereocenters. The van der Waals surface area contributed by atoms with Crippen molar-refractivity contribution in [2.75, 3.05) is 52.6 Å². The maximum Gasteiger partial charge on any atom is 0.333 e. The van der Waals surface area contributed by atoms with E-state index in [-0.39, 0.29) is 76.1 Å². The molecule has 0 saturated carbocycles. The maximum atomic E-state index is 13.1. The second kappa shape index (κ2) is 19.7. The molecule has 19 heteroatoms. The monoisotopic (exact) mass is 715 g/mol. The van der Waals surface area contributed by atoms with E-state index in [4.69, 9.17) is 9.39 Å². The fourth-order valence-electron chi connectivity index (χ4n) is 4.96. The number of carbonyl (C=O) groups excluding carboxylic acids is 8. The molecule has 2 aliphatic rings. The van der Waals surface area contributed by atoms with Crippen LogP contribution in [0.3, 0.4) is 0 Å². The van der Waals surface area contributed by atoms with Crippen molar-refractivity contribution in [2.45, 2.75) is 76.7 Å². The van der Waals surface area contributed by atoms with Crippen LogP contribution in [0.1, 0.15) is 70.6 Å². The lowest BCUT2D eigenvalue weighted by molar-refractivity contribution is -0.889. The summed E-state index contributed by atoms with van der Waals surface area (Å²) >= 11 is 0. The molecule has 1 saturated heterocycles. The molecule has 0 aromatic rings. The average molecular weight is 716 g/mol. The second-order valence-corrected chi connectivity index (χ2v) is 14.0. The highest BCUT2D eigenvalue weighted by Gasteiger charge is 2.33. The van der Waals surface area contributed by atoms with Gasteiger partial charge in [-0.05, 0) is 32.1 Å². The third-order valence-corrected chi connectivity index (χ3v) is 8.55. The maximum absolute atomic E-state index is 13.1. The first kappa shape index (κ1) is 40.9. The van der Waals surface area contributed by atoms with E-state index in [1.807, 2.05) is 14.1 Å². The van der Waals surface area contributed by atoms with Gasteiger partial charge in [-0.15, -0.1) is 5.06 Å². The molecule has 2 rings (SSSR count). The van der Waals surface area contributed by atoms with Crippen LogP contribution in [-0.2, 0) is 53.3 Å². The molecule has 18 nitrogen and oxygen atoms in total. The zero-order valence-electron chi connectivity index (χ0n) is 27.9. The van der Waals surface area contributed by atoms with Gasteiger partial charge in [-0.3, -0.25) is 43.0 Å². The number of hydrogen-bond donors (Lipinski definition) is 4. The zero-order valence-corrected chi connectivity index (χ0v) is 28.8. The average Bonchev–Trinajstić information content (AvgIpc) is 3.49. The fraction of sp³-hybridized carbons (Fsp3) is 0.667. The predicted molar refractivity (Wildman–Crippen MR) is 171 cm³/mol. The lowest BCUT2D eigenvalue weighted by Crippen LogP contribution is -2.51. The predicted octanol–water partition coefficient (Wildman–Crippen LogP) is -1.29. The lowest BCUT2D eigenvalue weighted by atomic mass is 10.1. The minimum atomic E-state index is -4.08. The number of hydrogen-bond acceptors (Lipinski definition) is 11. The van der Waals surface area contributed by atoms with E-state index in [1.165, 1.54) is 12.2 Å². The third-order valence-electron chi connectivity index (χ3n) is 7.75. The molecule has 1 fully saturated rings. The number of carbonyl (C=O) groups is 8. The van der Waals surface area contributed by atoms with Gasteiger partial charge in [0.2, 0.25) is 17.7 Å². The van der Waals surface area contributed by atoms with Gasteiger partial charge in [-0.25, -0.2) is 4.79 Å². The quantitative estimate of drug-likeness (QED) is 0.0418. The summed E-state index contributed by atoms with van der Waals surface area (Å²) in [6.07, 6.45) is 3.72. The highest BCUT2D eigenvalue weighted by atomic mass is 32.2. The largest absolute Gasteiger partial charge is 0.356 e. The van der Waals surface area contributed by atoms with E-state index < -0.39 is 57.6 Å². The van der Waals surface area contributed by atoms with Crippen LogP contribution in [0, 0.1) is 0 Å². The van der Waals surface area contributed by atoms with E-state index >= 15 is 0 Å². The Hall–Kier alpha value is -4.23. The molecular formula is C30H47N6O12S+. The topological polar surface area (TPSA) is 243 Å². The molecule has 7 amide bonds. The third kappa shape index (κ3) is 16.1. The van der Waals surface area contributed by atoms with Crippen molar-refractivity contribution in [3.63, 3.8) is 0 Å². The molecule has 0 aromatic carbocycles. The van der Waals surface area contributed by atoms with E-state index in [0.717, 1.165) is 4.90 Å². The van der Waals surface area contributed by atoms with Gasteiger partial charge in [0.1, 0.15) is 6.04 Å². The Labute approximate surface area is 285 Å². The highest BCUT2D eigenvalue weighted by molar-refractivity contribution is 7.85. The molecule has 2 aliphatic heterocycles. The second-order valence-electron chi connectivity index (χ2n) is 12.4. The van der Waals surface area contributed by atoms with Crippen LogP contribution in [0.2, 0.25) is 0 Å². The summed E-state index contributed by atoms with van der Waals surface area (Å²) < 4.78 is 31.3. The van der Waals surface area contributed by atoms with E-state index in [2.05, 4.69) is 16.0 Å². The number of nitrogens with one attached hydrogen (secondary N) is 3. The summed E-state index contributed by atoms with van der Waals surface area (Å²) in [6, 6.07) is -0.936. The van der Waals surface area contributed by atoms with Crippen LogP contribution in [0.5, 0.6) is 0 Å². The van der Waals surface area contributed by atoms with Crippen molar-refractivity contribution >= 4 is 57.4 Å². The van der Waals surface area contributed by atoms with Crippen molar-refractivity contribution in [3.05, 3.63) is 12.2 Å². The van der Waals surface area contributed by atoms with Crippen LogP contribution in [0.15, 0.2) is 12.2 Å². The molecular weight excluding hydrogens is 668 g/mol. The van der Waals surface area contributed by atoms with Crippen molar-refractivity contribution < 1.29 is 60.6 Å². The number of nitrogens with zero attached hydrogens (tertiary/aromatic N) is 3. The van der Waals surface area contributed by atoms with Gasteiger partial charge in [0.15, 0.2) is 0 Å². The number of quaternary nitrogens is 1. The van der Waals surface area contributed by atoms with Gasteiger partial charge in [0.05, 0.1) is 39.5 Å². The van der Waals surface area contributed by atoms with Crippen molar-refractivity contribution in [2.24, 2.45) is 0 Å². The van der Waals surface area contributed by atoms with Crippen LogP contribution in [0.4, 0.5) is 0 Å². The van der Waals surface area contributed by atoms with Crippen LogP contribution in [-0.4, -0.2) is 133 Å². The smallest absolute Gasteiger partial charge is 0.333 e. The van der Waals surface area contributed by atoms with Crippen molar-refractivity contribution in [3.8, 4) is 0 Å². The van der Waals surface area contributed by atoms with Crippen LogP contribution >= 0.6 is 0 Å². The lowest BCUT2D eigenvalue weighted by Gasteiger charge is -2.30. The molecule has 2 heterocycles. The van der Waals surface area contributed by atoms with Gasteiger partial charge < -0.3 is 25.3 Å². The standard InChI is InChI=1S/C30H46N6O12S/c1-36(2,19-7-21-49(45,46)47)20-17-32-30(44)22(33-24(38)9-5-11-29(43)48-35-27(41)14-15-28(35)42)8-3-4-16-31-23(37)10-6-18-34-25(39)12-13-26(34)40/h12-13,22H,3-11,14-21H2,1-2H3,(H3-,31,32,33,37,38,44,45,46,47)/p+1. The van der Waals surface area contributed by atoms with E-state index in [9.17, 15) is 46.8 Å². The zero-order chi connectivity index (χ0) is 36.6. The molecule has 49 heavy (non-hydrogen) atoms. The first-order valence-electron chi connectivity index (χ1n) is 16.2. The molecule has 274 valence electrons. The van der Waals surface area contributed by atoms with Gasteiger partial charge >= 0.3 is 5.97 Å². The number of hydroxylamine groups is 2. The normalized spacial score (nSPS) is 15.5. The first-order valence-corrected chi connectivity index (χ1v) is 17.8.